The second-order valence-corrected chi connectivity index (χ2v) is 12.6. The molecule has 1 atom stereocenters. The molecule has 1 saturated heterocycles. The van der Waals surface area contributed by atoms with Gasteiger partial charge in [0.25, 0.3) is 5.91 Å². The largest absolute Gasteiger partial charge is 0.573 e. The number of carbonyl (C=O) groups is 2. The third-order valence-electron chi connectivity index (χ3n) is 7.59. The van der Waals surface area contributed by atoms with Crippen LogP contribution in [0.15, 0.2) is 48.5 Å². The average molecular weight is 679 g/mol. The van der Waals surface area contributed by atoms with E-state index in [1.165, 1.54) is 30.3 Å². The minimum absolute atomic E-state index is 0.0532. The molecule has 47 heavy (non-hydrogen) atoms. The molecule has 1 aliphatic rings. The van der Waals surface area contributed by atoms with Gasteiger partial charge in [0.15, 0.2) is 5.82 Å². The Labute approximate surface area is 272 Å². The van der Waals surface area contributed by atoms with Crippen LogP contribution in [0.25, 0.3) is 11.0 Å². The number of halogens is 6. The van der Waals surface area contributed by atoms with Crippen LogP contribution in [0.5, 0.6) is 5.75 Å². The Morgan fingerprint density at radius 1 is 1.09 bits per heavy atom. The summed E-state index contributed by atoms with van der Waals surface area (Å²) < 4.78 is 73.1. The highest BCUT2D eigenvalue weighted by atomic mass is 35.5. The van der Waals surface area contributed by atoms with Gasteiger partial charge >= 0.3 is 6.36 Å². The number of aromatic nitrogens is 2. The number of imidazole rings is 1. The SMILES string of the molecule is Cn1c(Nc2c(Cl)ccc(CNC(=O)C(C)(C)C)c2F)nc2cc(C(=O)Nc3ccc(OC(F)(F)F)cc3)c(N3CCC(F)C3)cc21. The molecule has 0 saturated carbocycles. The molecule has 1 unspecified atom stereocenters. The zero-order chi connectivity index (χ0) is 34.3. The summed E-state index contributed by atoms with van der Waals surface area (Å²) >= 11 is 6.36. The molecule has 0 radical (unpaired) electrons. The van der Waals surface area contributed by atoms with E-state index in [9.17, 15) is 27.2 Å². The maximum absolute atomic E-state index is 15.6. The molecule has 5 rings (SSSR count). The van der Waals surface area contributed by atoms with Crippen molar-refractivity contribution in [3.63, 3.8) is 0 Å². The summed E-state index contributed by atoms with van der Waals surface area (Å²) in [6.07, 6.45) is -5.70. The summed E-state index contributed by atoms with van der Waals surface area (Å²) in [5, 5.41) is 8.37. The molecule has 9 nitrogen and oxygen atoms in total. The number of anilines is 4. The van der Waals surface area contributed by atoms with Gasteiger partial charge in [0.05, 0.1) is 33.0 Å². The fraction of sp³-hybridized carbons (Fsp3) is 0.344. The first-order valence-electron chi connectivity index (χ1n) is 14.6. The second-order valence-electron chi connectivity index (χ2n) is 12.2. The summed E-state index contributed by atoms with van der Waals surface area (Å²) in [5.41, 5.74) is 1.12. The van der Waals surface area contributed by atoms with Crippen LogP contribution in [0.4, 0.5) is 45.0 Å². The number of hydrogen-bond donors (Lipinski definition) is 3. The van der Waals surface area contributed by atoms with Gasteiger partial charge in [-0.25, -0.2) is 13.8 Å². The minimum atomic E-state index is -4.86. The fourth-order valence-electron chi connectivity index (χ4n) is 5.06. The van der Waals surface area contributed by atoms with Crippen LogP contribution >= 0.6 is 11.6 Å². The van der Waals surface area contributed by atoms with Gasteiger partial charge in [-0.1, -0.05) is 38.4 Å². The van der Waals surface area contributed by atoms with E-state index in [1.807, 2.05) is 0 Å². The standard InChI is InChI=1S/C32H32ClF5N6O3/c1-31(2,3)29(46)39-15-17-5-10-22(33)27(26(17)35)42-30-41-23-13-21(24(14-25(23)43(30)4)44-12-11-18(34)16-44)28(45)40-19-6-8-20(9-7-19)47-32(36,37)38/h5-10,13-14,18H,11-12,15-16H2,1-4H3,(H,39,46)(H,40,45)(H,41,42). The lowest BCUT2D eigenvalue weighted by atomic mass is 9.95. The topological polar surface area (TPSA) is 101 Å². The summed E-state index contributed by atoms with van der Waals surface area (Å²) in [5.74, 6) is -1.80. The van der Waals surface area contributed by atoms with Crippen molar-refractivity contribution in [2.24, 2.45) is 12.5 Å². The van der Waals surface area contributed by atoms with Crippen molar-refractivity contribution in [1.82, 2.24) is 14.9 Å². The first kappa shape index (κ1) is 33.8. The zero-order valence-corrected chi connectivity index (χ0v) is 26.6. The third-order valence-corrected chi connectivity index (χ3v) is 7.90. The lowest BCUT2D eigenvalue weighted by Gasteiger charge is -2.21. The molecular weight excluding hydrogens is 647 g/mol. The van der Waals surface area contributed by atoms with E-state index in [0.717, 1.165) is 12.1 Å². The van der Waals surface area contributed by atoms with Crippen LogP contribution in [-0.4, -0.2) is 47.0 Å². The summed E-state index contributed by atoms with van der Waals surface area (Å²) in [7, 11) is 1.67. The van der Waals surface area contributed by atoms with E-state index in [1.54, 1.807) is 43.4 Å². The van der Waals surface area contributed by atoms with E-state index in [2.05, 4.69) is 25.7 Å². The normalized spacial score (nSPS) is 15.2. The number of benzene rings is 3. The van der Waals surface area contributed by atoms with Gasteiger partial charge < -0.3 is 30.2 Å². The number of amides is 2. The second kappa shape index (κ2) is 12.9. The van der Waals surface area contributed by atoms with E-state index in [4.69, 9.17) is 11.6 Å². The Kier molecular flexibility index (Phi) is 9.26. The van der Waals surface area contributed by atoms with Gasteiger partial charge in [0.2, 0.25) is 11.9 Å². The maximum Gasteiger partial charge on any atom is 0.573 e. The number of carbonyl (C=O) groups excluding carboxylic acids is 2. The highest BCUT2D eigenvalue weighted by Crippen LogP contribution is 2.35. The van der Waals surface area contributed by atoms with Crippen molar-refractivity contribution in [2.45, 2.75) is 46.3 Å². The summed E-state index contributed by atoms with van der Waals surface area (Å²) in [4.78, 5) is 32.1. The highest BCUT2D eigenvalue weighted by Gasteiger charge is 2.31. The molecule has 0 bridgehead atoms. The van der Waals surface area contributed by atoms with Gasteiger partial charge in [-0.3, -0.25) is 9.59 Å². The van der Waals surface area contributed by atoms with Crippen LogP contribution in [-0.2, 0) is 18.4 Å². The van der Waals surface area contributed by atoms with Crippen LogP contribution in [0.2, 0.25) is 5.02 Å². The predicted octanol–water partition coefficient (Wildman–Crippen LogP) is 7.47. The van der Waals surface area contributed by atoms with E-state index >= 15 is 4.39 Å². The lowest BCUT2D eigenvalue weighted by molar-refractivity contribution is -0.274. The molecule has 2 heterocycles. The van der Waals surface area contributed by atoms with Crippen molar-refractivity contribution >= 4 is 57.5 Å². The molecule has 0 spiro atoms. The quantitative estimate of drug-likeness (QED) is 0.167. The minimum Gasteiger partial charge on any atom is -0.406 e. The van der Waals surface area contributed by atoms with Crippen molar-refractivity contribution in [3.8, 4) is 5.75 Å². The molecule has 1 aliphatic heterocycles. The molecule has 2 amide bonds. The molecular formula is C32H32ClF5N6O3. The van der Waals surface area contributed by atoms with E-state index < -0.39 is 35.4 Å². The average Bonchev–Trinajstić information content (AvgIpc) is 3.55. The van der Waals surface area contributed by atoms with Crippen molar-refractivity contribution < 1.29 is 36.3 Å². The Bertz CT molecular complexity index is 1820. The number of ether oxygens (including phenoxy) is 1. The zero-order valence-electron chi connectivity index (χ0n) is 25.9. The summed E-state index contributed by atoms with van der Waals surface area (Å²) in [6, 6.07) is 10.8. The Hall–Kier alpha value is -4.59. The highest BCUT2D eigenvalue weighted by molar-refractivity contribution is 6.33. The first-order chi connectivity index (χ1) is 22.0. The number of rotatable bonds is 8. The number of hydrogen-bond acceptors (Lipinski definition) is 6. The molecule has 3 N–H and O–H groups in total. The van der Waals surface area contributed by atoms with Gasteiger partial charge in [-0.15, -0.1) is 13.2 Å². The van der Waals surface area contributed by atoms with Crippen LogP contribution in [0.3, 0.4) is 0 Å². The molecule has 3 aromatic carbocycles. The van der Waals surface area contributed by atoms with Crippen LogP contribution < -0.4 is 25.6 Å². The molecule has 4 aromatic rings. The maximum atomic E-state index is 15.6. The lowest BCUT2D eigenvalue weighted by Crippen LogP contribution is -2.34. The Morgan fingerprint density at radius 2 is 1.79 bits per heavy atom. The smallest absolute Gasteiger partial charge is 0.406 e. The van der Waals surface area contributed by atoms with Crippen molar-refractivity contribution in [2.75, 3.05) is 28.6 Å². The van der Waals surface area contributed by atoms with Gasteiger partial charge in [0, 0.05) is 43.3 Å². The summed E-state index contributed by atoms with van der Waals surface area (Å²) in [6.45, 7) is 5.56. The van der Waals surface area contributed by atoms with Crippen LogP contribution in [0, 0.1) is 11.2 Å². The van der Waals surface area contributed by atoms with Crippen molar-refractivity contribution in [3.05, 3.63) is 70.5 Å². The molecule has 1 fully saturated rings. The van der Waals surface area contributed by atoms with Crippen molar-refractivity contribution in [1.29, 1.82) is 0 Å². The van der Waals surface area contributed by atoms with E-state index in [-0.39, 0.29) is 58.9 Å². The Morgan fingerprint density at radius 3 is 2.40 bits per heavy atom. The number of aryl methyl sites for hydroxylation is 1. The predicted molar refractivity (Wildman–Crippen MR) is 170 cm³/mol. The number of nitrogens with zero attached hydrogens (tertiary/aromatic N) is 3. The van der Waals surface area contributed by atoms with Gasteiger partial charge in [-0.05, 0) is 48.9 Å². The number of alkyl halides is 4. The Balaban J connectivity index is 1.46. The molecule has 250 valence electrons. The number of fused-ring (bicyclic) bond motifs is 1. The van der Waals surface area contributed by atoms with Crippen LogP contribution in [0.1, 0.15) is 43.1 Å². The van der Waals surface area contributed by atoms with Gasteiger partial charge in [-0.2, -0.15) is 0 Å². The monoisotopic (exact) mass is 678 g/mol. The van der Waals surface area contributed by atoms with Gasteiger partial charge in [0.1, 0.15) is 11.9 Å². The first-order valence-corrected chi connectivity index (χ1v) is 15.0. The van der Waals surface area contributed by atoms with E-state index in [0.29, 0.717) is 23.3 Å². The molecule has 0 aliphatic carbocycles. The molecule has 15 heteroatoms. The fourth-order valence-corrected chi connectivity index (χ4v) is 5.25. The molecule has 1 aromatic heterocycles. The third kappa shape index (κ3) is 7.70. The number of nitrogens with one attached hydrogen (secondary N) is 3.